The average Bonchev–Trinajstić information content (AvgIpc) is 3.23. The van der Waals surface area contributed by atoms with Crippen LogP contribution in [0.15, 0.2) is 72.4 Å². The highest BCUT2D eigenvalue weighted by Crippen LogP contribution is 2.38. The molecule has 0 aliphatic heterocycles. The fraction of sp³-hybridized carbons (Fsp3) is 0. The van der Waals surface area contributed by atoms with E-state index in [1.165, 1.54) is 15.6 Å². The molecule has 2 aromatic carbocycles. The first-order chi connectivity index (χ1) is 10.9. The van der Waals surface area contributed by atoms with Gasteiger partial charge in [-0.2, -0.15) is 0 Å². The fourth-order valence-corrected chi connectivity index (χ4v) is 3.59. The summed E-state index contributed by atoms with van der Waals surface area (Å²) in [5, 5.41) is 4.46. The van der Waals surface area contributed by atoms with Gasteiger partial charge in [0.25, 0.3) is 0 Å². The van der Waals surface area contributed by atoms with Gasteiger partial charge in [0.05, 0.1) is 0 Å². The van der Waals surface area contributed by atoms with Gasteiger partial charge >= 0.3 is 0 Å². The molecule has 0 amide bonds. The van der Waals surface area contributed by atoms with Crippen molar-refractivity contribution in [2.24, 2.45) is 0 Å². The maximum absolute atomic E-state index is 11.2. The lowest BCUT2D eigenvalue weighted by molar-refractivity contribution is 0.547. The van der Waals surface area contributed by atoms with E-state index in [1.54, 1.807) is 15.9 Å². The number of rotatable bonds is 3. The molecule has 0 bridgehead atoms. The van der Waals surface area contributed by atoms with E-state index in [1.807, 2.05) is 30.6 Å². The minimum absolute atomic E-state index is 0.839. The lowest BCUT2D eigenvalue weighted by atomic mass is 9.97. The minimum atomic E-state index is 0.839. The largest absolute Gasteiger partial charge is 0.296 e. The maximum Gasteiger partial charge on any atom is 0.217 e. The number of carbonyl (C=O) groups excluding carboxylic acids is 1. The van der Waals surface area contributed by atoms with Gasteiger partial charge in [-0.25, -0.2) is 0 Å². The van der Waals surface area contributed by atoms with Gasteiger partial charge in [-0.05, 0) is 27.8 Å². The van der Waals surface area contributed by atoms with Crippen LogP contribution in [0.4, 0.5) is 0 Å². The van der Waals surface area contributed by atoms with Crippen LogP contribution >= 0.6 is 11.3 Å². The highest BCUT2D eigenvalue weighted by molar-refractivity contribution is 7.13. The van der Waals surface area contributed by atoms with E-state index in [0.29, 0.717) is 0 Å². The molecule has 0 spiro atoms. The molecule has 4 rings (SSSR count). The molecule has 0 fully saturated rings. The molecule has 22 heavy (non-hydrogen) atoms. The van der Waals surface area contributed by atoms with Crippen LogP contribution in [0.1, 0.15) is 0 Å². The first kappa shape index (κ1) is 13.0. The van der Waals surface area contributed by atoms with Crippen LogP contribution in [-0.4, -0.2) is 11.0 Å². The third-order valence-corrected chi connectivity index (χ3v) is 4.74. The Labute approximate surface area is 132 Å². The second-order valence-corrected chi connectivity index (χ2v) is 6.09. The summed E-state index contributed by atoms with van der Waals surface area (Å²) in [6.07, 6.45) is 4.64. The van der Waals surface area contributed by atoms with Crippen molar-refractivity contribution in [3.05, 3.63) is 72.4 Å². The van der Waals surface area contributed by atoms with E-state index in [4.69, 9.17) is 0 Å². The van der Waals surface area contributed by atoms with Crippen molar-refractivity contribution in [3.63, 3.8) is 0 Å². The molecule has 0 aliphatic carbocycles. The zero-order valence-corrected chi connectivity index (χ0v) is 12.6. The van der Waals surface area contributed by atoms with Crippen LogP contribution in [0.25, 0.3) is 32.3 Å². The number of hydrogen-bond donors (Lipinski definition) is 0. The van der Waals surface area contributed by atoms with E-state index in [2.05, 4.69) is 41.8 Å². The van der Waals surface area contributed by atoms with Crippen LogP contribution in [0.3, 0.4) is 0 Å². The van der Waals surface area contributed by atoms with Gasteiger partial charge in [0.2, 0.25) is 6.41 Å². The predicted molar refractivity (Wildman–Crippen MR) is 92.8 cm³/mol. The van der Waals surface area contributed by atoms with Crippen molar-refractivity contribution >= 4 is 28.5 Å². The van der Waals surface area contributed by atoms with E-state index in [9.17, 15) is 4.79 Å². The number of fused-ring (bicyclic) bond motifs is 1. The Morgan fingerprint density at radius 3 is 2.45 bits per heavy atom. The summed E-state index contributed by atoms with van der Waals surface area (Å²) in [7, 11) is 0. The second-order valence-electron chi connectivity index (χ2n) is 5.14. The standard InChI is InChI=1S/C19H13NOS/c21-13-20-11-17(18(12-20)19-9-4-10-22-19)16-8-3-6-14-5-1-2-7-15(14)16/h1-13H. The molecule has 106 valence electrons. The maximum atomic E-state index is 11.2. The van der Waals surface area contributed by atoms with Gasteiger partial charge in [0, 0.05) is 28.4 Å². The predicted octanol–water partition coefficient (Wildman–Crippen LogP) is 5.08. The first-order valence-electron chi connectivity index (χ1n) is 7.05. The molecule has 2 nitrogen and oxygen atoms in total. The Balaban J connectivity index is 2.02. The van der Waals surface area contributed by atoms with Crippen molar-refractivity contribution in [1.29, 1.82) is 0 Å². The molecule has 2 aromatic heterocycles. The number of carbonyl (C=O) groups is 1. The summed E-state index contributed by atoms with van der Waals surface area (Å²) in [5.41, 5.74) is 3.34. The molecule has 0 unspecified atom stereocenters. The number of nitrogens with zero attached hydrogens (tertiary/aromatic N) is 1. The monoisotopic (exact) mass is 303 g/mol. The van der Waals surface area contributed by atoms with Crippen LogP contribution in [0, 0.1) is 0 Å². The van der Waals surface area contributed by atoms with Gasteiger partial charge in [0.15, 0.2) is 0 Å². The van der Waals surface area contributed by atoms with Crippen molar-refractivity contribution < 1.29 is 4.79 Å². The first-order valence-corrected chi connectivity index (χ1v) is 7.93. The average molecular weight is 303 g/mol. The Morgan fingerprint density at radius 2 is 1.64 bits per heavy atom. The highest BCUT2D eigenvalue weighted by Gasteiger charge is 2.13. The molecule has 4 aromatic rings. The summed E-state index contributed by atoms with van der Waals surface area (Å²) in [6.45, 7) is 0. The van der Waals surface area contributed by atoms with Crippen molar-refractivity contribution in [1.82, 2.24) is 4.57 Å². The lowest BCUT2D eigenvalue weighted by Gasteiger charge is -2.07. The molecular weight excluding hydrogens is 290 g/mol. The zero-order chi connectivity index (χ0) is 14.9. The van der Waals surface area contributed by atoms with Crippen LogP contribution < -0.4 is 0 Å². The molecule has 0 saturated carbocycles. The second kappa shape index (κ2) is 5.28. The van der Waals surface area contributed by atoms with E-state index in [0.717, 1.165) is 23.1 Å². The molecular formula is C19H13NOS. The summed E-state index contributed by atoms with van der Waals surface area (Å²) in [4.78, 5) is 12.4. The Kier molecular flexibility index (Phi) is 3.13. The van der Waals surface area contributed by atoms with E-state index in [-0.39, 0.29) is 0 Å². The summed E-state index contributed by atoms with van der Waals surface area (Å²) in [6, 6.07) is 18.7. The summed E-state index contributed by atoms with van der Waals surface area (Å²) >= 11 is 1.68. The number of thiophene rings is 1. The fourth-order valence-electron chi connectivity index (χ4n) is 2.84. The third kappa shape index (κ3) is 2.07. The Bertz CT molecular complexity index is 945. The van der Waals surface area contributed by atoms with Crippen molar-refractivity contribution in [2.45, 2.75) is 0 Å². The highest BCUT2D eigenvalue weighted by atomic mass is 32.1. The van der Waals surface area contributed by atoms with Gasteiger partial charge in [-0.15, -0.1) is 11.3 Å². The van der Waals surface area contributed by atoms with Gasteiger partial charge in [0.1, 0.15) is 0 Å². The molecule has 0 saturated heterocycles. The number of hydrogen-bond acceptors (Lipinski definition) is 2. The van der Waals surface area contributed by atoms with Crippen LogP contribution in [-0.2, 0) is 4.79 Å². The van der Waals surface area contributed by atoms with E-state index >= 15 is 0 Å². The minimum Gasteiger partial charge on any atom is -0.296 e. The number of benzene rings is 2. The van der Waals surface area contributed by atoms with E-state index < -0.39 is 0 Å². The van der Waals surface area contributed by atoms with Crippen LogP contribution in [0.5, 0.6) is 0 Å². The smallest absolute Gasteiger partial charge is 0.217 e. The van der Waals surface area contributed by atoms with Gasteiger partial charge < -0.3 is 0 Å². The summed E-state index contributed by atoms with van der Waals surface area (Å²) in [5.74, 6) is 0. The molecule has 2 heterocycles. The lowest BCUT2D eigenvalue weighted by Crippen LogP contribution is -1.87. The molecule has 0 N–H and O–H groups in total. The summed E-state index contributed by atoms with van der Waals surface area (Å²) < 4.78 is 1.59. The molecule has 0 atom stereocenters. The van der Waals surface area contributed by atoms with Gasteiger partial charge in [-0.3, -0.25) is 9.36 Å². The molecule has 0 aliphatic rings. The van der Waals surface area contributed by atoms with Crippen molar-refractivity contribution in [3.8, 4) is 21.6 Å². The number of aromatic nitrogens is 1. The topological polar surface area (TPSA) is 22.0 Å². The normalized spacial score (nSPS) is 10.9. The molecule has 0 radical (unpaired) electrons. The Morgan fingerprint density at radius 1 is 0.818 bits per heavy atom. The Hall–Kier alpha value is -2.65. The molecule has 3 heteroatoms. The SMILES string of the molecule is O=Cn1cc(-c2cccs2)c(-c2cccc3ccccc23)c1. The third-order valence-electron chi connectivity index (χ3n) is 3.83. The van der Waals surface area contributed by atoms with Crippen molar-refractivity contribution in [2.75, 3.05) is 0 Å². The quantitative estimate of drug-likeness (QED) is 0.484. The van der Waals surface area contributed by atoms with Crippen LogP contribution in [0.2, 0.25) is 0 Å². The zero-order valence-electron chi connectivity index (χ0n) is 11.8. The van der Waals surface area contributed by atoms with Gasteiger partial charge in [-0.1, -0.05) is 48.5 Å².